The van der Waals surface area contributed by atoms with Gasteiger partial charge in [-0.2, -0.15) is 5.10 Å². The van der Waals surface area contributed by atoms with E-state index in [1.54, 1.807) is 26.0 Å². The number of H-pyrrole nitrogens is 1. The maximum atomic E-state index is 13.5. The summed E-state index contributed by atoms with van der Waals surface area (Å²) in [6.45, 7) is 3.35. The van der Waals surface area contributed by atoms with E-state index >= 15 is 0 Å². The van der Waals surface area contributed by atoms with Gasteiger partial charge in [0.05, 0.1) is 16.3 Å². The van der Waals surface area contributed by atoms with Crippen LogP contribution in [0.2, 0.25) is 0 Å². The van der Waals surface area contributed by atoms with Crippen LogP contribution in [-0.4, -0.2) is 18.6 Å². The number of aryl methyl sites for hydroxylation is 2. The first-order valence-electron chi connectivity index (χ1n) is 7.72. The highest BCUT2D eigenvalue weighted by Crippen LogP contribution is 2.26. The molecule has 0 saturated carbocycles. The molecule has 2 N–H and O–H groups in total. The van der Waals surface area contributed by atoms with Gasteiger partial charge >= 0.3 is 0 Å². The van der Waals surface area contributed by atoms with Gasteiger partial charge in [0.25, 0.3) is 15.6 Å². The van der Waals surface area contributed by atoms with Gasteiger partial charge in [0.15, 0.2) is 0 Å². The molecular formula is C18H16FN3O3S. The molecule has 1 aromatic heterocycles. The Morgan fingerprint density at radius 2 is 1.73 bits per heavy atom. The second-order valence-corrected chi connectivity index (χ2v) is 7.50. The normalized spacial score (nSPS) is 11.3. The summed E-state index contributed by atoms with van der Waals surface area (Å²) in [4.78, 5) is 11.2. The Balaban J connectivity index is 2.04. The lowest BCUT2D eigenvalue weighted by molar-refractivity contribution is 0.600. The van der Waals surface area contributed by atoms with Gasteiger partial charge in [-0.15, -0.1) is 0 Å². The predicted octanol–water partition coefficient (Wildman–Crippen LogP) is 2.99. The molecule has 0 unspecified atom stereocenters. The maximum absolute atomic E-state index is 13.5. The molecule has 0 aliphatic heterocycles. The fourth-order valence-electron chi connectivity index (χ4n) is 2.46. The number of hydrogen-bond donors (Lipinski definition) is 2. The minimum absolute atomic E-state index is 0.0478. The molecule has 0 atom stereocenters. The molecule has 0 aliphatic rings. The Bertz CT molecular complexity index is 1120. The van der Waals surface area contributed by atoms with E-state index in [-0.39, 0.29) is 16.1 Å². The van der Waals surface area contributed by atoms with E-state index in [0.717, 1.165) is 6.07 Å². The number of aromatic nitrogens is 2. The Morgan fingerprint density at radius 1 is 1.00 bits per heavy atom. The molecule has 0 fully saturated rings. The summed E-state index contributed by atoms with van der Waals surface area (Å²) in [5.41, 5.74) is 1.92. The molecule has 1 heterocycles. The van der Waals surface area contributed by atoms with Gasteiger partial charge in [0, 0.05) is 11.6 Å². The third kappa shape index (κ3) is 3.65. The maximum Gasteiger partial charge on any atom is 0.264 e. The lowest BCUT2D eigenvalue weighted by Gasteiger charge is -2.13. The highest BCUT2D eigenvalue weighted by Gasteiger charge is 2.19. The van der Waals surface area contributed by atoms with Crippen LogP contribution < -0.4 is 10.3 Å². The van der Waals surface area contributed by atoms with Gasteiger partial charge < -0.3 is 0 Å². The van der Waals surface area contributed by atoms with Gasteiger partial charge in [-0.05, 0) is 49.2 Å². The molecule has 0 bridgehead atoms. The molecule has 6 nitrogen and oxygen atoms in total. The molecule has 0 spiro atoms. The van der Waals surface area contributed by atoms with Gasteiger partial charge in [-0.25, -0.2) is 17.9 Å². The summed E-state index contributed by atoms with van der Waals surface area (Å²) in [5, 5.41) is 6.22. The predicted molar refractivity (Wildman–Crippen MR) is 97.0 cm³/mol. The zero-order chi connectivity index (χ0) is 18.9. The van der Waals surface area contributed by atoms with E-state index < -0.39 is 15.8 Å². The van der Waals surface area contributed by atoms with Gasteiger partial charge in [0.2, 0.25) is 0 Å². The molecule has 0 saturated heterocycles. The average molecular weight is 373 g/mol. The van der Waals surface area contributed by atoms with Crippen LogP contribution in [0.4, 0.5) is 10.1 Å². The first-order chi connectivity index (χ1) is 12.3. The quantitative estimate of drug-likeness (QED) is 0.735. The van der Waals surface area contributed by atoms with Crippen molar-refractivity contribution >= 4 is 15.7 Å². The molecule has 8 heteroatoms. The van der Waals surface area contributed by atoms with Gasteiger partial charge in [-0.1, -0.05) is 18.2 Å². The van der Waals surface area contributed by atoms with Gasteiger partial charge in [0.1, 0.15) is 5.82 Å². The largest absolute Gasteiger partial charge is 0.279 e. The number of benzene rings is 2. The van der Waals surface area contributed by atoms with E-state index in [0.29, 0.717) is 22.4 Å². The van der Waals surface area contributed by atoms with Crippen LogP contribution in [0, 0.1) is 19.7 Å². The smallest absolute Gasteiger partial charge is 0.264 e. The van der Waals surface area contributed by atoms with Crippen LogP contribution in [0.1, 0.15) is 11.1 Å². The third-order valence-electron chi connectivity index (χ3n) is 3.90. The standard InChI is InChI=1S/C18H16FN3O3S/c1-11-4-6-14(19)10-16(11)22-26(24,25)17-9-13(5-3-12(17)2)15-7-8-18(23)21-20-15/h3-10,22H,1-2H3,(H,21,23). The Hall–Kier alpha value is -3.00. The number of hydrogen-bond acceptors (Lipinski definition) is 4. The fourth-order valence-corrected chi connectivity index (χ4v) is 3.85. The number of nitrogens with one attached hydrogen (secondary N) is 2. The zero-order valence-electron chi connectivity index (χ0n) is 14.1. The number of rotatable bonds is 4. The topological polar surface area (TPSA) is 91.9 Å². The summed E-state index contributed by atoms with van der Waals surface area (Å²) in [7, 11) is -3.94. The van der Waals surface area contributed by atoms with Crippen LogP contribution in [-0.2, 0) is 10.0 Å². The third-order valence-corrected chi connectivity index (χ3v) is 5.40. The van der Waals surface area contributed by atoms with E-state index in [2.05, 4.69) is 14.9 Å². The molecule has 26 heavy (non-hydrogen) atoms. The molecule has 0 radical (unpaired) electrons. The summed E-state index contributed by atoms with van der Waals surface area (Å²) in [6.07, 6.45) is 0. The van der Waals surface area contributed by atoms with E-state index in [1.165, 1.54) is 30.3 Å². The van der Waals surface area contributed by atoms with Crippen molar-refractivity contribution in [3.8, 4) is 11.3 Å². The first kappa shape index (κ1) is 17.8. The SMILES string of the molecule is Cc1ccc(F)cc1NS(=O)(=O)c1cc(-c2ccc(=O)[nH]n2)ccc1C. The highest BCUT2D eigenvalue weighted by atomic mass is 32.2. The molecule has 2 aromatic carbocycles. The summed E-state index contributed by atoms with van der Waals surface area (Å²) >= 11 is 0. The average Bonchev–Trinajstić information content (AvgIpc) is 2.59. The van der Waals surface area contributed by atoms with Crippen molar-refractivity contribution in [3.05, 3.63) is 75.8 Å². The molecule has 134 valence electrons. The second-order valence-electron chi connectivity index (χ2n) is 5.85. The fraction of sp³-hybridized carbons (Fsp3) is 0.111. The van der Waals surface area contributed by atoms with Crippen LogP contribution in [0.15, 0.2) is 58.2 Å². The van der Waals surface area contributed by atoms with Crippen molar-refractivity contribution in [2.24, 2.45) is 0 Å². The van der Waals surface area contributed by atoms with Crippen molar-refractivity contribution in [3.63, 3.8) is 0 Å². The van der Waals surface area contributed by atoms with Crippen molar-refractivity contribution in [1.29, 1.82) is 0 Å². The van der Waals surface area contributed by atoms with Crippen molar-refractivity contribution in [1.82, 2.24) is 10.2 Å². The Kier molecular flexibility index (Phi) is 4.60. The van der Waals surface area contributed by atoms with Gasteiger partial charge in [-0.3, -0.25) is 9.52 Å². The number of aromatic amines is 1. The molecule has 0 amide bonds. The second kappa shape index (κ2) is 6.72. The van der Waals surface area contributed by atoms with E-state index in [1.807, 2.05) is 0 Å². The summed E-state index contributed by atoms with van der Waals surface area (Å²) in [6, 6.07) is 11.5. The molecule has 3 rings (SSSR count). The summed E-state index contributed by atoms with van der Waals surface area (Å²) < 4.78 is 41.5. The summed E-state index contributed by atoms with van der Waals surface area (Å²) in [5.74, 6) is -0.531. The van der Waals surface area contributed by atoms with Crippen LogP contribution >= 0.6 is 0 Å². The number of sulfonamides is 1. The highest BCUT2D eigenvalue weighted by molar-refractivity contribution is 7.92. The van der Waals surface area contributed by atoms with Crippen LogP contribution in [0.5, 0.6) is 0 Å². The monoisotopic (exact) mass is 373 g/mol. The first-order valence-corrected chi connectivity index (χ1v) is 9.20. The Morgan fingerprint density at radius 3 is 2.42 bits per heavy atom. The number of nitrogens with zero attached hydrogens (tertiary/aromatic N) is 1. The molecule has 0 aliphatic carbocycles. The number of anilines is 1. The minimum Gasteiger partial charge on any atom is -0.279 e. The van der Waals surface area contributed by atoms with Crippen LogP contribution in [0.3, 0.4) is 0 Å². The van der Waals surface area contributed by atoms with Crippen molar-refractivity contribution < 1.29 is 12.8 Å². The lowest BCUT2D eigenvalue weighted by atomic mass is 10.1. The Labute approximate surface area is 149 Å². The zero-order valence-corrected chi connectivity index (χ0v) is 14.9. The lowest BCUT2D eigenvalue weighted by Crippen LogP contribution is -2.15. The van der Waals surface area contributed by atoms with Crippen molar-refractivity contribution in [2.45, 2.75) is 18.7 Å². The minimum atomic E-state index is -3.94. The van der Waals surface area contributed by atoms with E-state index in [4.69, 9.17) is 0 Å². The molecular weight excluding hydrogens is 357 g/mol. The molecule has 3 aromatic rings. The van der Waals surface area contributed by atoms with E-state index in [9.17, 15) is 17.6 Å². The number of halogens is 1. The van der Waals surface area contributed by atoms with Crippen LogP contribution in [0.25, 0.3) is 11.3 Å². The van der Waals surface area contributed by atoms with Crippen molar-refractivity contribution in [2.75, 3.05) is 4.72 Å².